The predicted molar refractivity (Wildman–Crippen MR) is 99.4 cm³/mol. The number of carbonyl (C=O) groups excluding carboxylic acids is 1. The highest BCUT2D eigenvalue weighted by molar-refractivity contribution is 7.08. The fourth-order valence-corrected chi connectivity index (χ4v) is 3.89. The molecule has 134 valence electrons. The lowest BCUT2D eigenvalue weighted by molar-refractivity contribution is 0.0789. The molecule has 1 atom stereocenters. The molecule has 7 heteroatoms. The zero-order valence-electron chi connectivity index (χ0n) is 14.1. The third kappa shape index (κ3) is 3.54. The molecule has 5 nitrogen and oxygen atoms in total. The second-order valence-electron chi connectivity index (χ2n) is 6.41. The molecule has 0 unspecified atom stereocenters. The number of aromatic nitrogens is 2. The highest BCUT2D eigenvalue weighted by atomic mass is 32.1. The first-order valence-electron chi connectivity index (χ1n) is 8.54. The highest BCUT2D eigenvalue weighted by Crippen LogP contribution is 2.24. The number of likely N-dealkylation sites (tertiary alicyclic amines) is 1. The van der Waals surface area contributed by atoms with Gasteiger partial charge >= 0.3 is 0 Å². The topological polar surface area (TPSA) is 61.0 Å². The molecule has 1 aliphatic rings. The van der Waals surface area contributed by atoms with Gasteiger partial charge in [-0.25, -0.2) is 4.39 Å². The number of nitrogens with zero attached hydrogens (tertiary/aromatic N) is 2. The highest BCUT2D eigenvalue weighted by Gasteiger charge is 2.26. The Morgan fingerprint density at radius 3 is 2.96 bits per heavy atom. The SMILES string of the molecule is O=C(c1ccc(F)cc1)N1CC[C@@H](NCc2cn[nH]c2-c2ccsc2)C1. The lowest BCUT2D eigenvalue weighted by atomic mass is 10.1. The van der Waals surface area contributed by atoms with E-state index in [2.05, 4.69) is 27.0 Å². The van der Waals surface area contributed by atoms with Gasteiger partial charge < -0.3 is 10.2 Å². The van der Waals surface area contributed by atoms with Crippen LogP contribution in [0.1, 0.15) is 22.3 Å². The molecule has 4 rings (SSSR count). The van der Waals surface area contributed by atoms with Gasteiger partial charge in [0.1, 0.15) is 5.82 Å². The van der Waals surface area contributed by atoms with E-state index in [0.717, 1.165) is 23.2 Å². The van der Waals surface area contributed by atoms with Crippen LogP contribution >= 0.6 is 11.3 Å². The van der Waals surface area contributed by atoms with Crippen molar-refractivity contribution in [3.05, 3.63) is 64.2 Å². The summed E-state index contributed by atoms with van der Waals surface area (Å²) in [5.41, 5.74) is 3.83. The summed E-state index contributed by atoms with van der Waals surface area (Å²) >= 11 is 1.66. The maximum atomic E-state index is 13.0. The Morgan fingerprint density at radius 1 is 1.35 bits per heavy atom. The van der Waals surface area contributed by atoms with Crippen molar-refractivity contribution in [3.63, 3.8) is 0 Å². The van der Waals surface area contributed by atoms with Crippen LogP contribution in [-0.2, 0) is 6.54 Å². The Kier molecular flexibility index (Phi) is 4.81. The normalized spacial score (nSPS) is 17.0. The molecule has 26 heavy (non-hydrogen) atoms. The average Bonchev–Trinajstić information content (AvgIpc) is 3.40. The fourth-order valence-electron chi connectivity index (χ4n) is 3.24. The molecule has 1 aromatic carbocycles. The molecule has 2 N–H and O–H groups in total. The zero-order valence-corrected chi connectivity index (χ0v) is 14.9. The molecule has 1 amide bonds. The standard InChI is InChI=1S/C19H19FN4OS/c20-16-3-1-13(2-4-16)19(25)24-7-5-17(11-24)21-9-15-10-22-23-18(15)14-6-8-26-12-14/h1-4,6,8,10,12,17,21H,5,7,9,11H2,(H,22,23)/t17-/m1/s1. The molecule has 0 radical (unpaired) electrons. The number of halogens is 1. The fraction of sp³-hybridized carbons (Fsp3) is 0.263. The first kappa shape index (κ1) is 16.9. The van der Waals surface area contributed by atoms with E-state index in [-0.39, 0.29) is 17.8 Å². The van der Waals surface area contributed by atoms with E-state index in [1.165, 1.54) is 24.3 Å². The van der Waals surface area contributed by atoms with Gasteiger partial charge in [0, 0.05) is 47.7 Å². The number of aromatic amines is 1. The third-order valence-electron chi connectivity index (χ3n) is 4.68. The van der Waals surface area contributed by atoms with Gasteiger partial charge in [-0.05, 0) is 42.1 Å². The van der Waals surface area contributed by atoms with Crippen molar-refractivity contribution in [2.45, 2.75) is 19.0 Å². The van der Waals surface area contributed by atoms with Gasteiger partial charge in [0.2, 0.25) is 0 Å². The quantitative estimate of drug-likeness (QED) is 0.725. The smallest absolute Gasteiger partial charge is 0.253 e. The summed E-state index contributed by atoms with van der Waals surface area (Å²) in [5, 5.41) is 14.9. The van der Waals surface area contributed by atoms with Crippen molar-refractivity contribution in [1.82, 2.24) is 20.4 Å². The Labute approximate surface area is 154 Å². The molecular formula is C19H19FN4OS. The molecule has 0 saturated carbocycles. The minimum atomic E-state index is -0.330. The molecule has 0 bridgehead atoms. The summed E-state index contributed by atoms with van der Waals surface area (Å²) in [7, 11) is 0. The summed E-state index contributed by atoms with van der Waals surface area (Å²) in [6.45, 7) is 2.06. The van der Waals surface area contributed by atoms with Gasteiger partial charge in [-0.2, -0.15) is 16.4 Å². The summed E-state index contributed by atoms with van der Waals surface area (Å²) in [6, 6.07) is 8.03. The van der Waals surface area contributed by atoms with Crippen LogP contribution in [0.15, 0.2) is 47.3 Å². The van der Waals surface area contributed by atoms with Crippen molar-refractivity contribution >= 4 is 17.2 Å². The van der Waals surface area contributed by atoms with Gasteiger partial charge in [-0.15, -0.1) is 0 Å². The van der Waals surface area contributed by atoms with Crippen molar-refractivity contribution in [2.24, 2.45) is 0 Å². The van der Waals surface area contributed by atoms with Crippen molar-refractivity contribution < 1.29 is 9.18 Å². The molecule has 0 aliphatic carbocycles. The van der Waals surface area contributed by atoms with E-state index in [4.69, 9.17) is 0 Å². The van der Waals surface area contributed by atoms with Gasteiger partial charge in [0.15, 0.2) is 0 Å². The van der Waals surface area contributed by atoms with E-state index >= 15 is 0 Å². The molecule has 3 aromatic rings. The van der Waals surface area contributed by atoms with E-state index in [0.29, 0.717) is 25.2 Å². The number of amides is 1. The van der Waals surface area contributed by atoms with Gasteiger partial charge in [-0.3, -0.25) is 9.89 Å². The number of H-pyrrole nitrogens is 1. The maximum absolute atomic E-state index is 13.0. The van der Waals surface area contributed by atoms with Crippen LogP contribution in [-0.4, -0.2) is 40.1 Å². The van der Waals surface area contributed by atoms with E-state index in [9.17, 15) is 9.18 Å². The van der Waals surface area contributed by atoms with Gasteiger partial charge in [0.25, 0.3) is 5.91 Å². The molecule has 2 aromatic heterocycles. The summed E-state index contributed by atoms with van der Waals surface area (Å²) in [6.07, 6.45) is 2.74. The van der Waals surface area contributed by atoms with Crippen LogP contribution in [0.2, 0.25) is 0 Å². The Bertz CT molecular complexity index is 875. The van der Waals surface area contributed by atoms with Crippen LogP contribution in [0, 0.1) is 5.82 Å². The van der Waals surface area contributed by atoms with Crippen molar-refractivity contribution in [1.29, 1.82) is 0 Å². The molecular weight excluding hydrogens is 351 g/mol. The summed E-state index contributed by atoms with van der Waals surface area (Å²) in [4.78, 5) is 14.3. The number of rotatable bonds is 5. The number of hydrogen-bond acceptors (Lipinski definition) is 4. The zero-order chi connectivity index (χ0) is 17.9. The number of nitrogens with one attached hydrogen (secondary N) is 2. The first-order chi connectivity index (χ1) is 12.7. The molecule has 1 aliphatic heterocycles. The van der Waals surface area contributed by atoms with Crippen LogP contribution in [0.25, 0.3) is 11.3 Å². The largest absolute Gasteiger partial charge is 0.337 e. The van der Waals surface area contributed by atoms with E-state index in [1.807, 2.05) is 16.5 Å². The predicted octanol–water partition coefficient (Wildman–Crippen LogP) is 3.28. The van der Waals surface area contributed by atoms with Gasteiger partial charge in [-0.1, -0.05) is 0 Å². The van der Waals surface area contributed by atoms with Crippen molar-refractivity contribution in [3.8, 4) is 11.3 Å². The Balaban J connectivity index is 1.35. The lowest BCUT2D eigenvalue weighted by Gasteiger charge is -2.17. The number of benzene rings is 1. The van der Waals surface area contributed by atoms with E-state index in [1.54, 1.807) is 11.3 Å². The Morgan fingerprint density at radius 2 is 2.19 bits per heavy atom. The number of thiophene rings is 1. The summed E-state index contributed by atoms with van der Waals surface area (Å²) < 4.78 is 13.0. The Hall–Kier alpha value is -2.51. The van der Waals surface area contributed by atoms with Crippen LogP contribution in [0.5, 0.6) is 0 Å². The molecule has 1 saturated heterocycles. The second kappa shape index (κ2) is 7.39. The minimum absolute atomic E-state index is 0.0448. The van der Waals surface area contributed by atoms with E-state index < -0.39 is 0 Å². The van der Waals surface area contributed by atoms with Crippen molar-refractivity contribution in [2.75, 3.05) is 13.1 Å². The number of hydrogen-bond donors (Lipinski definition) is 2. The monoisotopic (exact) mass is 370 g/mol. The molecule has 3 heterocycles. The van der Waals surface area contributed by atoms with Gasteiger partial charge in [0.05, 0.1) is 11.9 Å². The second-order valence-corrected chi connectivity index (χ2v) is 7.19. The third-order valence-corrected chi connectivity index (χ3v) is 5.36. The van der Waals surface area contributed by atoms with Crippen LogP contribution < -0.4 is 5.32 Å². The lowest BCUT2D eigenvalue weighted by Crippen LogP contribution is -2.34. The maximum Gasteiger partial charge on any atom is 0.253 e. The summed E-state index contributed by atoms with van der Waals surface area (Å²) in [5.74, 6) is -0.374. The molecule has 0 spiro atoms. The van der Waals surface area contributed by atoms with Crippen LogP contribution in [0.3, 0.4) is 0 Å². The average molecular weight is 370 g/mol. The first-order valence-corrected chi connectivity index (χ1v) is 9.48. The molecule has 1 fully saturated rings. The van der Waals surface area contributed by atoms with Crippen LogP contribution in [0.4, 0.5) is 4.39 Å². The minimum Gasteiger partial charge on any atom is -0.337 e. The number of carbonyl (C=O) groups is 1.